The zero-order valence-electron chi connectivity index (χ0n) is 16.3. The summed E-state index contributed by atoms with van der Waals surface area (Å²) < 4.78 is 7.36. The van der Waals surface area contributed by atoms with Gasteiger partial charge in [-0.2, -0.15) is 0 Å². The molecule has 29 heavy (non-hydrogen) atoms. The van der Waals surface area contributed by atoms with Crippen molar-refractivity contribution < 1.29 is 9.53 Å². The van der Waals surface area contributed by atoms with Crippen molar-refractivity contribution in [2.45, 2.75) is 5.16 Å². The van der Waals surface area contributed by atoms with E-state index >= 15 is 0 Å². The van der Waals surface area contributed by atoms with E-state index in [0.717, 1.165) is 35.4 Å². The zero-order chi connectivity index (χ0) is 20.1. The van der Waals surface area contributed by atoms with E-state index in [2.05, 4.69) is 21.2 Å². The van der Waals surface area contributed by atoms with Gasteiger partial charge < -0.3 is 14.5 Å². The average Bonchev–Trinajstić information content (AvgIpc) is 3.27. The average molecular weight is 410 g/mol. The Morgan fingerprint density at radius 3 is 2.52 bits per heavy atom. The highest BCUT2D eigenvalue weighted by atomic mass is 32.2. The molecular formula is C21H23N5O2S. The molecule has 7 nitrogen and oxygen atoms in total. The van der Waals surface area contributed by atoms with Crippen LogP contribution in [0.25, 0.3) is 5.69 Å². The molecule has 3 aromatic rings. The Balaban J connectivity index is 1.33. The first-order chi connectivity index (χ1) is 14.3. The van der Waals surface area contributed by atoms with E-state index in [0.29, 0.717) is 18.8 Å². The number of hydrogen-bond donors (Lipinski definition) is 0. The zero-order valence-corrected chi connectivity index (χ0v) is 17.1. The van der Waals surface area contributed by atoms with Gasteiger partial charge in [0, 0.05) is 31.9 Å². The van der Waals surface area contributed by atoms with Crippen molar-refractivity contribution >= 4 is 23.4 Å². The molecule has 0 unspecified atom stereocenters. The fourth-order valence-electron chi connectivity index (χ4n) is 3.39. The molecule has 0 spiro atoms. The minimum atomic E-state index is 0.122. The summed E-state index contributed by atoms with van der Waals surface area (Å²) in [6.45, 7) is 2.97. The third-order valence-electron chi connectivity index (χ3n) is 4.93. The Labute approximate surface area is 174 Å². The molecule has 1 amide bonds. The number of anilines is 1. The van der Waals surface area contributed by atoms with E-state index in [1.54, 1.807) is 13.4 Å². The molecule has 8 heteroatoms. The number of hydrogen-bond acceptors (Lipinski definition) is 6. The highest BCUT2D eigenvalue weighted by Crippen LogP contribution is 2.28. The Hall–Kier alpha value is -3.00. The van der Waals surface area contributed by atoms with Gasteiger partial charge in [-0.25, -0.2) is 0 Å². The van der Waals surface area contributed by atoms with Crippen LogP contribution in [0.15, 0.2) is 66.1 Å². The van der Waals surface area contributed by atoms with Crippen molar-refractivity contribution in [3.05, 3.63) is 60.9 Å². The number of thioether (sulfide) groups is 1. The number of amides is 1. The van der Waals surface area contributed by atoms with Gasteiger partial charge in [0.25, 0.3) is 0 Å². The molecular weight excluding hydrogens is 386 g/mol. The van der Waals surface area contributed by atoms with Crippen molar-refractivity contribution in [1.29, 1.82) is 0 Å². The molecule has 1 fully saturated rings. The van der Waals surface area contributed by atoms with Crippen LogP contribution in [0.2, 0.25) is 0 Å². The molecule has 0 saturated carbocycles. The third kappa shape index (κ3) is 4.37. The van der Waals surface area contributed by atoms with Crippen LogP contribution in [-0.2, 0) is 4.79 Å². The maximum Gasteiger partial charge on any atom is 0.233 e. The molecule has 0 radical (unpaired) electrons. The maximum atomic E-state index is 12.7. The Morgan fingerprint density at radius 2 is 1.76 bits per heavy atom. The number of nitrogens with zero attached hydrogens (tertiary/aromatic N) is 5. The van der Waals surface area contributed by atoms with Crippen LogP contribution in [0, 0.1) is 0 Å². The van der Waals surface area contributed by atoms with Gasteiger partial charge >= 0.3 is 0 Å². The SMILES string of the molecule is COc1ccccc1N1CCN(C(=O)CSc2nncn2-c2ccccc2)CC1. The van der Waals surface area contributed by atoms with Crippen molar-refractivity contribution in [1.82, 2.24) is 19.7 Å². The number of rotatable bonds is 6. The van der Waals surface area contributed by atoms with Crippen molar-refractivity contribution in [3.8, 4) is 11.4 Å². The number of carbonyl (C=O) groups is 1. The van der Waals surface area contributed by atoms with Crippen LogP contribution >= 0.6 is 11.8 Å². The van der Waals surface area contributed by atoms with Crippen LogP contribution in [0.3, 0.4) is 0 Å². The van der Waals surface area contributed by atoms with Crippen molar-refractivity contribution in [3.63, 3.8) is 0 Å². The molecule has 1 saturated heterocycles. The normalized spacial score (nSPS) is 14.1. The topological polar surface area (TPSA) is 63.5 Å². The van der Waals surface area contributed by atoms with Crippen molar-refractivity contribution in [2.75, 3.05) is 43.9 Å². The third-order valence-corrected chi connectivity index (χ3v) is 5.86. The fraction of sp³-hybridized carbons (Fsp3) is 0.286. The van der Waals surface area contributed by atoms with Crippen LogP contribution in [0.4, 0.5) is 5.69 Å². The lowest BCUT2D eigenvalue weighted by Crippen LogP contribution is -2.49. The molecule has 0 atom stereocenters. The van der Waals surface area contributed by atoms with E-state index < -0.39 is 0 Å². The van der Waals surface area contributed by atoms with Gasteiger partial charge in [-0.15, -0.1) is 10.2 Å². The number of piperazine rings is 1. The van der Waals surface area contributed by atoms with E-state index in [-0.39, 0.29) is 5.91 Å². The number of carbonyl (C=O) groups excluding carboxylic acids is 1. The quantitative estimate of drug-likeness (QED) is 0.584. The van der Waals surface area contributed by atoms with Crippen molar-refractivity contribution in [2.24, 2.45) is 0 Å². The summed E-state index contributed by atoms with van der Waals surface area (Å²) in [4.78, 5) is 16.9. The second-order valence-electron chi connectivity index (χ2n) is 6.65. The predicted octanol–water partition coefficient (Wildman–Crippen LogP) is 2.72. The maximum absolute atomic E-state index is 12.7. The van der Waals surface area contributed by atoms with Gasteiger partial charge in [-0.1, -0.05) is 42.1 Å². The van der Waals surface area contributed by atoms with Crippen LogP contribution in [-0.4, -0.2) is 64.6 Å². The number of benzene rings is 2. The second-order valence-corrected chi connectivity index (χ2v) is 7.59. The number of methoxy groups -OCH3 is 1. The number of aromatic nitrogens is 3. The lowest BCUT2D eigenvalue weighted by Gasteiger charge is -2.36. The van der Waals surface area contributed by atoms with Gasteiger partial charge in [-0.05, 0) is 24.3 Å². The fourth-order valence-corrected chi connectivity index (χ4v) is 4.23. The molecule has 0 N–H and O–H groups in total. The lowest BCUT2D eigenvalue weighted by atomic mass is 10.2. The Bertz CT molecular complexity index is 954. The summed E-state index contributed by atoms with van der Waals surface area (Å²) in [7, 11) is 1.68. The van der Waals surface area contributed by atoms with Crippen LogP contribution in [0.5, 0.6) is 5.75 Å². The summed E-state index contributed by atoms with van der Waals surface area (Å²) in [6, 6.07) is 17.9. The standard InChI is InChI=1S/C21H23N5O2S/c1-28-19-10-6-5-9-18(19)24-11-13-25(14-12-24)20(27)15-29-21-23-22-16-26(21)17-7-3-2-4-8-17/h2-10,16H,11-15H2,1H3. The largest absolute Gasteiger partial charge is 0.495 e. The van der Waals surface area contributed by atoms with Gasteiger partial charge in [0.05, 0.1) is 18.6 Å². The number of para-hydroxylation sites is 3. The van der Waals surface area contributed by atoms with Gasteiger partial charge in [0.2, 0.25) is 5.91 Å². The molecule has 0 bridgehead atoms. The van der Waals surface area contributed by atoms with E-state index in [1.165, 1.54) is 11.8 Å². The summed E-state index contributed by atoms with van der Waals surface area (Å²) in [5, 5.41) is 8.88. The number of ether oxygens (including phenoxy) is 1. The Morgan fingerprint density at radius 1 is 1.03 bits per heavy atom. The van der Waals surface area contributed by atoms with Crippen LogP contribution in [0.1, 0.15) is 0 Å². The molecule has 0 aliphatic carbocycles. The monoisotopic (exact) mass is 409 g/mol. The van der Waals surface area contributed by atoms with E-state index in [1.807, 2.05) is 58.0 Å². The lowest BCUT2D eigenvalue weighted by molar-refractivity contribution is -0.128. The van der Waals surface area contributed by atoms with E-state index in [9.17, 15) is 4.79 Å². The molecule has 2 heterocycles. The first-order valence-electron chi connectivity index (χ1n) is 9.50. The first kappa shape index (κ1) is 19.3. The Kier molecular flexibility index (Phi) is 6.00. The molecule has 1 aliphatic heterocycles. The summed E-state index contributed by atoms with van der Waals surface area (Å²) in [6.07, 6.45) is 1.67. The van der Waals surface area contributed by atoms with Crippen LogP contribution < -0.4 is 9.64 Å². The van der Waals surface area contributed by atoms with Gasteiger partial charge in [0.15, 0.2) is 5.16 Å². The second kappa shape index (κ2) is 9.00. The summed E-state index contributed by atoms with van der Waals surface area (Å²) >= 11 is 1.42. The predicted molar refractivity (Wildman–Crippen MR) is 114 cm³/mol. The molecule has 1 aromatic heterocycles. The molecule has 150 valence electrons. The summed E-state index contributed by atoms with van der Waals surface area (Å²) in [5.74, 6) is 1.33. The molecule has 4 rings (SSSR count). The highest BCUT2D eigenvalue weighted by molar-refractivity contribution is 7.99. The molecule has 2 aromatic carbocycles. The smallest absolute Gasteiger partial charge is 0.233 e. The minimum absolute atomic E-state index is 0.122. The first-order valence-corrected chi connectivity index (χ1v) is 10.5. The minimum Gasteiger partial charge on any atom is -0.495 e. The van der Waals surface area contributed by atoms with Gasteiger partial charge in [0.1, 0.15) is 12.1 Å². The van der Waals surface area contributed by atoms with E-state index in [4.69, 9.17) is 4.74 Å². The highest BCUT2D eigenvalue weighted by Gasteiger charge is 2.23. The molecule has 1 aliphatic rings. The summed E-state index contributed by atoms with van der Waals surface area (Å²) in [5.41, 5.74) is 2.06. The van der Waals surface area contributed by atoms with Gasteiger partial charge in [-0.3, -0.25) is 9.36 Å².